The van der Waals surface area contributed by atoms with Crippen molar-refractivity contribution in [2.24, 2.45) is 5.92 Å². The second-order valence-corrected chi connectivity index (χ2v) is 5.16. The van der Waals surface area contributed by atoms with Crippen LogP contribution in [0.5, 0.6) is 0 Å². The molecule has 5 heteroatoms. The van der Waals surface area contributed by atoms with Crippen molar-refractivity contribution < 1.29 is 9.53 Å². The Morgan fingerprint density at radius 2 is 1.75 bits per heavy atom. The first-order valence-corrected chi connectivity index (χ1v) is 7.58. The Hall–Kier alpha value is -0.440. The molecule has 0 bridgehead atoms. The van der Waals surface area contributed by atoms with Gasteiger partial charge >= 0.3 is 5.97 Å². The summed E-state index contributed by atoms with van der Waals surface area (Å²) in [7, 11) is 0. The zero-order chi connectivity index (χ0) is 16.4. The van der Waals surface area contributed by atoms with Crippen LogP contribution in [-0.2, 0) is 9.53 Å². The third-order valence-corrected chi connectivity index (χ3v) is 2.17. The van der Waals surface area contributed by atoms with E-state index in [4.69, 9.17) is 39.5 Å². The molecule has 0 aromatic carbocycles. The van der Waals surface area contributed by atoms with E-state index >= 15 is 0 Å². The maximum atomic E-state index is 10.8. The molecule has 1 atom stereocenters. The van der Waals surface area contributed by atoms with Crippen LogP contribution in [0.25, 0.3) is 0 Å². The fraction of sp³-hybridized carbons (Fsp3) is 0.533. The summed E-state index contributed by atoms with van der Waals surface area (Å²) in [6.07, 6.45) is 5.85. The molecule has 0 aromatic rings. The van der Waals surface area contributed by atoms with Crippen molar-refractivity contribution in [1.29, 1.82) is 0 Å². The van der Waals surface area contributed by atoms with Gasteiger partial charge in [-0.05, 0) is 17.9 Å². The van der Waals surface area contributed by atoms with Crippen LogP contribution in [0.4, 0.5) is 0 Å². The van der Waals surface area contributed by atoms with Crippen LogP contribution < -0.4 is 0 Å². The van der Waals surface area contributed by atoms with Gasteiger partial charge in [-0.2, -0.15) is 0 Å². The Morgan fingerprint density at radius 3 is 2.05 bits per heavy atom. The van der Waals surface area contributed by atoms with Gasteiger partial charge in [0.15, 0.2) is 0 Å². The van der Waals surface area contributed by atoms with Gasteiger partial charge in [0.25, 0.3) is 0 Å². The minimum Gasteiger partial charge on any atom is -0.462 e. The number of unbranched alkanes of at least 4 members (excludes halogenated alkanes) is 1. The predicted octanol–water partition coefficient (Wildman–Crippen LogP) is 6.24. The zero-order valence-corrected chi connectivity index (χ0v) is 14.6. The maximum absolute atomic E-state index is 10.8. The summed E-state index contributed by atoms with van der Waals surface area (Å²) in [5, 5.41) is 0. The van der Waals surface area contributed by atoms with Crippen molar-refractivity contribution in [3.05, 3.63) is 35.8 Å². The van der Waals surface area contributed by atoms with Gasteiger partial charge in [-0.25, -0.2) is 4.79 Å². The van der Waals surface area contributed by atoms with Gasteiger partial charge in [-0.1, -0.05) is 87.6 Å². The van der Waals surface area contributed by atoms with Crippen LogP contribution in [0.2, 0.25) is 0 Å². The zero-order valence-electron chi connectivity index (χ0n) is 12.3. The summed E-state index contributed by atoms with van der Waals surface area (Å²) in [5.41, 5.74) is 1.22. The van der Waals surface area contributed by atoms with E-state index in [1.807, 2.05) is 0 Å². The third kappa shape index (κ3) is 30.5. The highest BCUT2D eigenvalue weighted by Gasteiger charge is 2.07. The average molecular weight is 344 g/mol. The van der Waals surface area contributed by atoms with Crippen molar-refractivity contribution in [1.82, 2.24) is 0 Å². The molecule has 0 saturated heterocycles. The number of carbonyl (C=O) groups excluding carboxylic acids is 1. The molecule has 0 saturated carbocycles. The van der Waals surface area contributed by atoms with E-state index in [0.717, 1.165) is 12.8 Å². The van der Waals surface area contributed by atoms with Gasteiger partial charge in [0.2, 0.25) is 0 Å². The quantitative estimate of drug-likeness (QED) is 0.404. The van der Waals surface area contributed by atoms with Crippen molar-refractivity contribution >= 4 is 40.8 Å². The number of hydrogen-bond donors (Lipinski definition) is 0. The summed E-state index contributed by atoms with van der Waals surface area (Å²) >= 11 is 14.5. The minimum absolute atomic E-state index is 0.111. The number of hydrogen-bond acceptors (Lipinski definition) is 2. The van der Waals surface area contributed by atoms with E-state index < -0.39 is 0 Å². The van der Waals surface area contributed by atoms with E-state index in [2.05, 4.69) is 33.6 Å². The first-order valence-electron chi connectivity index (χ1n) is 6.39. The molecular weight excluding hydrogens is 319 g/mol. The summed E-state index contributed by atoms with van der Waals surface area (Å²) < 4.78 is 5.10. The topological polar surface area (TPSA) is 26.3 Å². The van der Waals surface area contributed by atoms with E-state index in [-0.39, 0.29) is 10.5 Å². The monoisotopic (exact) mass is 342 g/mol. The van der Waals surface area contributed by atoms with Crippen molar-refractivity contribution in [2.75, 3.05) is 6.61 Å². The summed E-state index contributed by atoms with van der Waals surface area (Å²) in [6.45, 7) is 14.4. The molecule has 0 radical (unpaired) electrons. The lowest BCUT2D eigenvalue weighted by atomic mass is 10.0. The van der Waals surface area contributed by atoms with Crippen molar-refractivity contribution in [3.8, 4) is 0 Å². The van der Waals surface area contributed by atoms with E-state index in [1.54, 1.807) is 0 Å². The standard InChI is InChI=1S/C11H20O2.C2H2Cl2.C2H3Cl/c1-4-7-8-10(5-2)9-13-11(12)6-3;1-2(3)4;1-2-3/h6,10H,3-5,7-9H2,1-2H3;1H2;2H,1H2. The first-order chi connectivity index (χ1) is 9.39. The van der Waals surface area contributed by atoms with E-state index in [9.17, 15) is 4.79 Å². The van der Waals surface area contributed by atoms with Crippen LogP contribution in [0, 0.1) is 5.92 Å². The van der Waals surface area contributed by atoms with Gasteiger partial charge in [0, 0.05) is 6.08 Å². The number of esters is 1. The summed E-state index contributed by atoms with van der Waals surface area (Å²) in [4.78, 5) is 10.8. The number of carbonyl (C=O) groups is 1. The van der Waals surface area contributed by atoms with Crippen molar-refractivity contribution in [3.63, 3.8) is 0 Å². The minimum atomic E-state index is -0.310. The molecule has 0 amide bonds. The molecule has 0 aromatic heterocycles. The highest BCUT2D eigenvalue weighted by Crippen LogP contribution is 2.12. The van der Waals surface area contributed by atoms with Gasteiger partial charge in [-0.15, -0.1) is 0 Å². The Balaban J connectivity index is -0.000000343. The second-order valence-electron chi connectivity index (χ2n) is 3.74. The Kier molecular flexibility index (Phi) is 25.6. The molecule has 118 valence electrons. The first kappa shape index (κ1) is 24.6. The third-order valence-electron chi connectivity index (χ3n) is 2.17. The molecule has 0 rings (SSSR count). The number of halogens is 3. The molecule has 0 N–H and O–H groups in total. The van der Waals surface area contributed by atoms with Crippen LogP contribution >= 0.6 is 34.8 Å². The SMILES string of the molecule is C=C(Cl)Cl.C=CC(=O)OCC(CC)CCCC.C=CCl. The van der Waals surface area contributed by atoms with Gasteiger partial charge in [-0.3, -0.25) is 0 Å². The highest BCUT2D eigenvalue weighted by molar-refractivity contribution is 6.55. The van der Waals surface area contributed by atoms with Crippen molar-refractivity contribution in [2.45, 2.75) is 39.5 Å². The lowest BCUT2D eigenvalue weighted by molar-refractivity contribution is -0.139. The molecule has 1 unspecified atom stereocenters. The normalized spacial score (nSPS) is 9.85. The van der Waals surface area contributed by atoms with E-state index in [1.165, 1.54) is 24.5 Å². The predicted molar refractivity (Wildman–Crippen MR) is 91.4 cm³/mol. The maximum Gasteiger partial charge on any atom is 0.330 e. The lowest BCUT2D eigenvalue weighted by Gasteiger charge is -2.13. The smallest absolute Gasteiger partial charge is 0.330 e. The largest absolute Gasteiger partial charge is 0.462 e. The van der Waals surface area contributed by atoms with Gasteiger partial charge in [0.05, 0.1) is 11.1 Å². The molecule has 0 heterocycles. The van der Waals surface area contributed by atoms with Gasteiger partial charge < -0.3 is 4.74 Å². The van der Waals surface area contributed by atoms with Crippen LogP contribution in [0.3, 0.4) is 0 Å². The van der Waals surface area contributed by atoms with Crippen LogP contribution in [0.1, 0.15) is 39.5 Å². The lowest BCUT2D eigenvalue weighted by Crippen LogP contribution is -2.12. The molecule has 0 aliphatic rings. The number of rotatable bonds is 7. The van der Waals surface area contributed by atoms with E-state index in [0.29, 0.717) is 12.5 Å². The molecule has 0 spiro atoms. The molecule has 2 nitrogen and oxygen atoms in total. The van der Waals surface area contributed by atoms with Gasteiger partial charge in [0.1, 0.15) is 0 Å². The molecule has 0 fully saturated rings. The molecule has 0 aliphatic heterocycles. The van der Waals surface area contributed by atoms with Crippen LogP contribution in [-0.4, -0.2) is 12.6 Å². The Labute approximate surface area is 138 Å². The molecule has 20 heavy (non-hydrogen) atoms. The molecule has 0 aliphatic carbocycles. The van der Waals surface area contributed by atoms with Crippen LogP contribution in [0.15, 0.2) is 35.8 Å². The Bertz CT molecular complexity index is 262. The fourth-order valence-electron chi connectivity index (χ4n) is 1.16. The Morgan fingerprint density at radius 1 is 1.30 bits per heavy atom. The average Bonchev–Trinajstić information content (AvgIpc) is 2.39. The fourth-order valence-corrected chi connectivity index (χ4v) is 1.16. The highest BCUT2D eigenvalue weighted by atomic mass is 35.5. The summed E-state index contributed by atoms with van der Waals surface area (Å²) in [5.74, 6) is 0.207. The number of ether oxygens (including phenoxy) is 1. The second kappa shape index (κ2) is 20.9. The summed E-state index contributed by atoms with van der Waals surface area (Å²) in [6, 6.07) is 0. The molecular formula is C15H25Cl3O2.